The second kappa shape index (κ2) is 6.87. The lowest BCUT2D eigenvalue weighted by Gasteiger charge is -2.09. The predicted molar refractivity (Wildman–Crippen MR) is 74.1 cm³/mol. The highest BCUT2D eigenvalue weighted by atomic mass is 35.5. The molecule has 5 N–H and O–H groups in total. The van der Waals surface area contributed by atoms with Gasteiger partial charge in [-0.3, -0.25) is 4.79 Å². The van der Waals surface area contributed by atoms with Crippen molar-refractivity contribution in [2.75, 3.05) is 12.3 Å². The number of anilines is 1. The van der Waals surface area contributed by atoms with Gasteiger partial charge in [0.1, 0.15) is 10.7 Å². The summed E-state index contributed by atoms with van der Waals surface area (Å²) in [6, 6.07) is 1.81. The first-order valence-electron chi connectivity index (χ1n) is 5.76. The Balaban J connectivity index is 2.70. The molecule has 1 rings (SSSR count). The van der Waals surface area contributed by atoms with Crippen LogP contribution in [0.1, 0.15) is 19.3 Å². The molecule has 0 heterocycles. The van der Waals surface area contributed by atoms with Gasteiger partial charge in [-0.25, -0.2) is 17.5 Å². The standard InChI is InChI=1S/C11H15ClFN3O3S/c12-7-5-8(13)9(14)6-10(7)20(18,19)16-4-2-1-3-11(15)17/h5-6,16H,1-4,14H2,(H2,15,17). The molecule has 0 aliphatic carbocycles. The molecule has 9 heteroatoms. The average molecular weight is 324 g/mol. The Morgan fingerprint density at radius 3 is 2.60 bits per heavy atom. The van der Waals surface area contributed by atoms with Gasteiger partial charge in [-0.1, -0.05) is 11.6 Å². The van der Waals surface area contributed by atoms with Gasteiger partial charge in [0.25, 0.3) is 0 Å². The van der Waals surface area contributed by atoms with Gasteiger partial charge < -0.3 is 11.5 Å². The van der Waals surface area contributed by atoms with Crippen molar-refractivity contribution in [3.8, 4) is 0 Å². The molecule has 1 aromatic carbocycles. The Kier molecular flexibility index (Phi) is 5.73. The van der Waals surface area contributed by atoms with Crippen molar-refractivity contribution < 1.29 is 17.6 Å². The number of sulfonamides is 1. The molecule has 112 valence electrons. The molecule has 0 saturated carbocycles. The fourth-order valence-corrected chi connectivity index (χ4v) is 3.08. The zero-order valence-electron chi connectivity index (χ0n) is 10.5. The lowest BCUT2D eigenvalue weighted by atomic mass is 10.2. The van der Waals surface area contributed by atoms with Crippen LogP contribution in [0.5, 0.6) is 0 Å². The Morgan fingerprint density at radius 2 is 2.00 bits per heavy atom. The summed E-state index contributed by atoms with van der Waals surface area (Å²) in [5.41, 5.74) is 9.97. The molecule has 1 aromatic rings. The first-order valence-corrected chi connectivity index (χ1v) is 7.62. The quantitative estimate of drug-likeness (QED) is 0.512. The lowest BCUT2D eigenvalue weighted by Crippen LogP contribution is -2.25. The van der Waals surface area contributed by atoms with Crippen molar-refractivity contribution >= 4 is 33.2 Å². The minimum atomic E-state index is -3.88. The highest BCUT2D eigenvalue weighted by molar-refractivity contribution is 7.89. The maximum atomic E-state index is 13.1. The Labute approximate surface area is 121 Å². The largest absolute Gasteiger partial charge is 0.396 e. The van der Waals surface area contributed by atoms with Crippen molar-refractivity contribution in [3.05, 3.63) is 23.0 Å². The number of carbonyl (C=O) groups excluding carboxylic acids is 1. The zero-order chi connectivity index (χ0) is 15.3. The maximum absolute atomic E-state index is 13.1. The summed E-state index contributed by atoms with van der Waals surface area (Å²) in [5.74, 6) is -1.22. The normalized spacial score (nSPS) is 11.5. The van der Waals surface area contributed by atoms with Crippen molar-refractivity contribution in [2.24, 2.45) is 5.73 Å². The molecular formula is C11H15ClFN3O3S. The number of carbonyl (C=O) groups is 1. The van der Waals surface area contributed by atoms with Crippen LogP contribution in [0.15, 0.2) is 17.0 Å². The molecule has 0 spiro atoms. The van der Waals surface area contributed by atoms with Gasteiger partial charge in [0.05, 0.1) is 10.7 Å². The summed E-state index contributed by atoms with van der Waals surface area (Å²) in [7, 11) is -3.88. The van der Waals surface area contributed by atoms with Crippen LogP contribution in [0.3, 0.4) is 0 Å². The van der Waals surface area contributed by atoms with Crippen LogP contribution in [0.2, 0.25) is 5.02 Å². The summed E-state index contributed by atoms with van der Waals surface area (Å²) in [5, 5.41) is -0.249. The van der Waals surface area contributed by atoms with E-state index in [0.29, 0.717) is 12.8 Å². The molecule has 20 heavy (non-hydrogen) atoms. The molecule has 0 saturated heterocycles. The fraction of sp³-hybridized carbons (Fsp3) is 0.364. The summed E-state index contributed by atoms with van der Waals surface area (Å²) in [6.45, 7) is 0.114. The molecule has 0 bridgehead atoms. The Bertz CT molecular complexity index is 607. The number of nitrogens with two attached hydrogens (primary N) is 2. The van der Waals surface area contributed by atoms with Crippen molar-refractivity contribution in [2.45, 2.75) is 24.2 Å². The van der Waals surface area contributed by atoms with Crippen LogP contribution in [0.4, 0.5) is 10.1 Å². The first-order chi connectivity index (χ1) is 9.24. The predicted octanol–water partition coefficient (Wildman–Crippen LogP) is 0.995. The lowest BCUT2D eigenvalue weighted by molar-refractivity contribution is -0.118. The third-order valence-corrected chi connectivity index (χ3v) is 4.41. The van der Waals surface area contributed by atoms with E-state index in [1.807, 2.05) is 0 Å². The SMILES string of the molecule is NC(=O)CCCCNS(=O)(=O)c1cc(N)c(F)cc1Cl. The topological polar surface area (TPSA) is 115 Å². The van der Waals surface area contributed by atoms with Crippen molar-refractivity contribution in [1.29, 1.82) is 0 Å². The van der Waals surface area contributed by atoms with Crippen LogP contribution >= 0.6 is 11.6 Å². The summed E-state index contributed by atoms with van der Waals surface area (Å²) in [6.07, 6.45) is 1.10. The molecular weight excluding hydrogens is 309 g/mol. The number of hydrogen-bond donors (Lipinski definition) is 3. The highest BCUT2D eigenvalue weighted by Gasteiger charge is 2.19. The third kappa shape index (κ3) is 4.62. The third-order valence-electron chi connectivity index (χ3n) is 2.48. The number of benzene rings is 1. The molecule has 1 amide bonds. The number of hydrogen-bond acceptors (Lipinski definition) is 4. The molecule has 0 fully saturated rings. The fourth-order valence-electron chi connectivity index (χ4n) is 1.46. The van der Waals surface area contributed by atoms with Gasteiger partial charge in [-0.2, -0.15) is 0 Å². The van der Waals surface area contributed by atoms with E-state index >= 15 is 0 Å². The number of unbranched alkanes of at least 4 members (excludes halogenated alkanes) is 1. The Morgan fingerprint density at radius 1 is 1.35 bits per heavy atom. The molecule has 6 nitrogen and oxygen atoms in total. The second-order valence-corrected chi connectivity index (χ2v) is 6.27. The number of rotatable bonds is 7. The molecule has 0 radical (unpaired) electrons. The summed E-state index contributed by atoms with van der Waals surface area (Å²) < 4.78 is 39.3. The van der Waals surface area contributed by atoms with Gasteiger partial charge >= 0.3 is 0 Å². The van der Waals surface area contributed by atoms with Gasteiger partial charge in [-0.15, -0.1) is 0 Å². The average Bonchev–Trinajstić information content (AvgIpc) is 2.32. The monoisotopic (exact) mass is 323 g/mol. The smallest absolute Gasteiger partial charge is 0.242 e. The minimum absolute atomic E-state index is 0.114. The number of halogens is 2. The molecule has 0 aliphatic rings. The van der Waals surface area contributed by atoms with E-state index in [2.05, 4.69) is 4.72 Å². The van der Waals surface area contributed by atoms with E-state index in [0.717, 1.165) is 12.1 Å². The highest BCUT2D eigenvalue weighted by Crippen LogP contribution is 2.26. The van der Waals surface area contributed by atoms with Crippen LogP contribution in [-0.2, 0) is 14.8 Å². The van der Waals surface area contributed by atoms with Crippen molar-refractivity contribution in [1.82, 2.24) is 4.72 Å². The van der Waals surface area contributed by atoms with E-state index < -0.39 is 21.7 Å². The van der Waals surface area contributed by atoms with Gasteiger partial charge in [0.2, 0.25) is 15.9 Å². The van der Waals surface area contributed by atoms with E-state index in [9.17, 15) is 17.6 Å². The van der Waals surface area contributed by atoms with Crippen LogP contribution < -0.4 is 16.2 Å². The van der Waals surface area contributed by atoms with E-state index in [-0.39, 0.29) is 28.6 Å². The number of nitrogens with one attached hydrogen (secondary N) is 1. The van der Waals surface area contributed by atoms with Crippen LogP contribution in [-0.4, -0.2) is 20.9 Å². The van der Waals surface area contributed by atoms with E-state index in [4.69, 9.17) is 23.1 Å². The molecule has 0 aliphatic heterocycles. The zero-order valence-corrected chi connectivity index (χ0v) is 12.1. The second-order valence-electron chi connectivity index (χ2n) is 4.13. The van der Waals surface area contributed by atoms with Gasteiger partial charge in [0, 0.05) is 13.0 Å². The van der Waals surface area contributed by atoms with Crippen LogP contribution in [0.25, 0.3) is 0 Å². The molecule has 0 unspecified atom stereocenters. The van der Waals surface area contributed by atoms with Crippen molar-refractivity contribution in [3.63, 3.8) is 0 Å². The van der Waals surface area contributed by atoms with Gasteiger partial charge in [0.15, 0.2) is 0 Å². The number of amides is 1. The summed E-state index contributed by atoms with van der Waals surface area (Å²) in [4.78, 5) is 10.2. The number of primary amides is 1. The number of nitrogen functional groups attached to an aromatic ring is 1. The van der Waals surface area contributed by atoms with Crippen LogP contribution in [0, 0.1) is 5.82 Å². The molecule has 0 aromatic heterocycles. The van der Waals surface area contributed by atoms with E-state index in [1.54, 1.807) is 0 Å². The maximum Gasteiger partial charge on any atom is 0.242 e. The Hall–Kier alpha value is -1.38. The summed E-state index contributed by atoms with van der Waals surface area (Å²) >= 11 is 5.69. The van der Waals surface area contributed by atoms with Gasteiger partial charge in [-0.05, 0) is 25.0 Å². The molecule has 0 atom stereocenters. The minimum Gasteiger partial charge on any atom is -0.396 e. The van der Waals surface area contributed by atoms with E-state index in [1.165, 1.54) is 0 Å². The first kappa shape index (κ1) is 16.7.